The molecule has 0 heterocycles. The van der Waals surface area contributed by atoms with Gasteiger partial charge in [-0.15, -0.1) is 0 Å². The average molecular weight is 226 g/mol. The maximum atomic E-state index is 11.0. The van der Waals surface area contributed by atoms with E-state index in [2.05, 4.69) is 11.1 Å². The van der Waals surface area contributed by atoms with Crippen LogP contribution in [0.25, 0.3) is 0 Å². The van der Waals surface area contributed by atoms with Crippen molar-refractivity contribution < 1.29 is 12.6 Å². The summed E-state index contributed by atoms with van der Waals surface area (Å²) in [6.45, 7) is 4.04. The molecule has 0 radical (unpaired) electrons. The summed E-state index contributed by atoms with van der Waals surface area (Å²) in [5.41, 5.74) is 0. The van der Waals surface area contributed by atoms with Crippen molar-refractivity contribution in [3.05, 3.63) is 0 Å². The molecular formula is C8H18O3S2. The molecule has 3 nitrogen and oxygen atoms in total. The van der Waals surface area contributed by atoms with Gasteiger partial charge in [-0.25, -0.2) is 0 Å². The van der Waals surface area contributed by atoms with Crippen LogP contribution >= 0.6 is 11.8 Å². The van der Waals surface area contributed by atoms with Crippen molar-refractivity contribution in [3.8, 4) is 0 Å². The van der Waals surface area contributed by atoms with Gasteiger partial charge in [-0.2, -0.15) is 20.2 Å². The molecule has 0 aromatic rings. The van der Waals surface area contributed by atoms with Crippen molar-refractivity contribution in [2.24, 2.45) is 0 Å². The molecule has 5 heteroatoms. The van der Waals surface area contributed by atoms with Crippen LogP contribution in [0.3, 0.4) is 0 Å². The Morgan fingerprint density at radius 2 is 1.92 bits per heavy atom. The van der Waals surface area contributed by atoms with E-state index in [0.29, 0.717) is 5.75 Å². The molecule has 0 aromatic heterocycles. The molecule has 0 N–H and O–H groups in total. The van der Waals surface area contributed by atoms with E-state index < -0.39 is 10.1 Å². The Kier molecular flexibility index (Phi) is 7.80. The van der Waals surface area contributed by atoms with Gasteiger partial charge < -0.3 is 0 Å². The zero-order valence-corrected chi connectivity index (χ0v) is 9.92. The van der Waals surface area contributed by atoms with Crippen LogP contribution in [0.5, 0.6) is 0 Å². The van der Waals surface area contributed by atoms with E-state index in [1.165, 1.54) is 0 Å². The summed E-state index contributed by atoms with van der Waals surface area (Å²) in [4.78, 5) is 0. The smallest absolute Gasteiger partial charge is 0.268 e. The summed E-state index contributed by atoms with van der Waals surface area (Å²) in [7, 11) is -3.24. The molecule has 0 fully saturated rings. The first-order chi connectivity index (χ1) is 6.12. The lowest BCUT2D eigenvalue weighted by Gasteiger charge is -2.02. The van der Waals surface area contributed by atoms with Crippen LogP contribution in [0, 0.1) is 0 Å². The SMILES string of the molecule is CCCCSCCS(=O)(=O)OCC. The highest BCUT2D eigenvalue weighted by Gasteiger charge is 2.08. The van der Waals surface area contributed by atoms with E-state index in [0.717, 1.165) is 18.6 Å². The molecule has 0 amide bonds. The molecule has 0 rings (SSSR count). The molecule has 13 heavy (non-hydrogen) atoms. The van der Waals surface area contributed by atoms with Gasteiger partial charge in [-0.3, -0.25) is 4.18 Å². The first-order valence-electron chi connectivity index (χ1n) is 4.57. The monoisotopic (exact) mass is 226 g/mol. The molecule has 80 valence electrons. The van der Waals surface area contributed by atoms with Gasteiger partial charge in [0.2, 0.25) is 0 Å². The van der Waals surface area contributed by atoms with Gasteiger partial charge in [0.1, 0.15) is 0 Å². The molecule has 0 unspecified atom stereocenters. The Morgan fingerprint density at radius 3 is 2.46 bits per heavy atom. The molecule has 0 aliphatic heterocycles. The van der Waals surface area contributed by atoms with Crippen LogP contribution in [-0.2, 0) is 14.3 Å². The fourth-order valence-corrected chi connectivity index (χ4v) is 3.21. The fraction of sp³-hybridized carbons (Fsp3) is 1.00. The average Bonchev–Trinajstić information content (AvgIpc) is 2.04. The lowest BCUT2D eigenvalue weighted by molar-refractivity contribution is 0.339. The molecular weight excluding hydrogens is 208 g/mol. The second-order valence-electron chi connectivity index (χ2n) is 2.63. The van der Waals surface area contributed by atoms with E-state index in [1.807, 2.05) is 0 Å². The van der Waals surface area contributed by atoms with E-state index in [1.54, 1.807) is 18.7 Å². The first-order valence-corrected chi connectivity index (χ1v) is 7.30. The number of hydrogen-bond acceptors (Lipinski definition) is 4. The minimum Gasteiger partial charge on any atom is -0.270 e. The summed E-state index contributed by atoms with van der Waals surface area (Å²) in [6.07, 6.45) is 2.31. The lowest BCUT2D eigenvalue weighted by Crippen LogP contribution is -2.12. The minimum atomic E-state index is -3.24. The Balaban J connectivity index is 3.41. The van der Waals surface area contributed by atoms with Crippen molar-refractivity contribution in [2.45, 2.75) is 26.7 Å². The van der Waals surface area contributed by atoms with E-state index in [9.17, 15) is 8.42 Å². The highest BCUT2D eigenvalue weighted by molar-refractivity contribution is 8.00. The fourth-order valence-electron chi connectivity index (χ4n) is 0.748. The summed E-state index contributed by atoms with van der Waals surface area (Å²) in [6, 6.07) is 0. The van der Waals surface area contributed by atoms with E-state index in [-0.39, 0.29) is 12.4 Å². The number of unbranched alkanes of at least 4 members (excludes halogenated alkanes) is 1. The molecule has 0 bridgehead atoms. The predicted octanol–water partition coefficient (Wildman–Crippen LogP) is 1.89. The van der Waals surface area contributed by atoms with Crippen LogP contribution in [0.4, 0.5) is 0 Å². The molecule has 0 aromatic carbocycles. The Hall–Kier alpha value is 0.260. The zero-order chi connectivity index (χ0) is 10.2. The Labute approximate surface area is 85.4 Å². The molecule has 0 saturated carbocycles. The Bertz CT molecular complexity index is 199. The number of thioether (sulfide) groups is 1. The molecule has 0 atom stereocenters. The standard InChI is InChI=1S/C8H18O3S2/c1-3-5-6-12-7-8-13(9,10)11-4-2/h3-8H2,1-2H3. The topological polar surface area (TPSA) is 43.4 Å². The number of rotatable bonds is 8. The first kappa shape index (κ1) is 13.3. The molecule has 0 aliphatic rings. The van der Waals surface area contributed by atoms with Crippen molar-refractivity contribution in [1.29, 1.82) is 0 Å². The van der Waals surface area contributed by atoms with Gasteiger partial charge in [-0.1, -0.05) is 13.3 Å². The third kappa shape index (κ3) is 8.59. The zero-order valence-electron chi connectivity index (χ0n) is 8.28. The maximum absolute atomic E-state index is 11.0. The summed E-state index contributed by atoms with van der Waals surface area (Å²) < 4.78 is 26.7. The van der Waals surface area contributed by atoms with Gasteiger partial charge in [0, 0.05) is 5.75 Å². The summed E-state index contributed by atoms with van der Waals surface area (Å²) >= 11 is 1.67. The van der Waals surface area contributed by atoms with Crippen LogP contribution in [-0.4, -0.2) is 32.3 Å². The molecule has 0 spiro atoms. The normalized spacial score (nSPS) is 11.8. The van der Waals surface area contributed by atoms with E-state index in [4.69, 9.17) is 0 Å². The van der Waals surface area contributed by atoms with Gasteiger partial charge in [0.15, 0.2) is 0 Å². The van der Waals surface area contributed by atoms with Crippen molar-refractivity contribution in [3.63, 3.8) is 0 Å². The summed E-state index contributed by atoms with van der Waals surface area (Å²) in [5, 5.41) is 0. The number of hydrogen-bond donors (Lipinski definition) is 0. The minimum absolute atomic E-state index is 0.134. The van der Waals surface area contributed by atoms with Gasteiger partial charge >= 0.3 is 0 Å². The van der Waals surface area contributed by atoms with Crippen LogP contribution in [0.1, 0.15) is 26.7 Å². The third-order valence-electron chi connectivity index (χ3n) is 1.42. The third-order valence-corrected chi connectivity index (χ3v) is 4.04. The van der Waals surface area contributed by atoms with Crippen molar-refractivity contribution in [1.82, 2.24) is 0 Å². The highest BCUT2D eigenvalue weighted by atomic mass is 32.2. The molecule has 0 aliphatic carbocycles. The van der Waals surface area contributed by atoms with Crippen LogP contribution < -0.4 is 0 Å². The van der Waals surface area contributed by atoms with Gasteiger partial charge in [-0.05, 0) is 19.1 Å². The largest absolute Gasteiger partial charge is 0.270 e. The van der Waals surface area contributed by atoms with Gasteiger partial charge in [0.25, 0.3) is 10.1 Å². The lowest BCUT2D eigenvalue weighted by atomic mass is 10.4. The van der Waals surface area contributed by atoms with Crippen molar-refractivity contribution >= 4 is 21.9 Å². The highest BCUT2D eigenvalue weighted by Crippen LogP contribution is 2.06. The van der Waals surface area contributed by atoms with E-state index >= 15 is 0 Å². The quantitative estimate of drug-likeness (QED) is 0.468. The predicted molar refractivity (Wildman–Crippen MR) is 57.6 cm³/mol. The maximum Gasteiger partial charge on any atom is 0.268 e. The van der Waals surface area contributed by atoms with Crippen LogP contribution in [0.15, 0.2) is 0 Å². The Morgan fingerprint density at radius 1 is 1.23 bits per heavy atom. The summed E-state index contributed by atoms with van der Waals surface area (Å²) in [5.74, 6) is 1.82. The second kappa shape index (κ2) is 7.64. The van der Waals surface area contributed by atoms with Gasteiger partial charge in [0.05, 0.1) is 12.4 Å². The molecule has 0 saturated heterocycles. The van der Waals surface area contributed by atoms with Crippen molar-refractivity contribution in [2.75, 3.05) is 23.9 Å². The van der Waals surface area contributed by atoms with Crippen LogP contribution in [0.2, 0.25) is 0 Å². The second-order valence-corrected chi connectivity index (χ2v) is 5.62.